The van der Waals surface area contributed by atoms with Crippen LogP contribution < -0.4 is 5.32 Å². The molecule has 1 aromatic rings. The number of aromatic nitrogens is 3. The fourth-order valence-electron chi connectivity index (χ4n) is 2.39. The van der Waals surface area contributed by atoms with Crippen molar-refractivity contribution in [3.63, 3.8) is 0 Å². The number of hydrogen-bond donors (Lipinski definition) is 1. The van der Waals surface area contributed by atoms with E-state index in [2.05, 4.69) is 73.2 Å². The Bertz CT molecular complexity index is 535. The normalized spacial score (nSPS) is 17.1. The van der Waals surface area contributed by atoms with Gasteiger partial charge in [0.05, 0.1) is 12.2 Å². The summed E-state index contributed by atoms with van der Waals surface area (Å²) in [5.41, 5.74) is 0.974. The van der Waals surface area contributed by atoms with Gasteiger partial charge in [-0.2, -0.15) is 0 Å². The monoisotopic (exact) mass is 303 g/mol. The molecular formula is C17H29N5. The molecule has 0 saturated carbocycles. The highest BCUT2D eigenvalue weighted by atomic mass is 15.4. The van der Waals surface area contributed by atoms with Gasteiger partial charge in [0, 0.05) is 49.8 Å². The molecule has 1 aromatic heterocycles. The second-order valence-corrected chi connectivity index (χ2v) is 7.82. The summed E-state index contributed by atoms with van der Waals surface area (Å²) >= 11 is 0. The Labute approximate surface area is 134 Å². The van der Waals surface area contributed by atoms with Crippen LogP contribution in [0.5, 0.6) is 0 Å². The molecule has 0 unspecified atom stereocenters. The van der Waals surface area contributed by atoms with E-state index < -0.39 is 0 Å². The van der Waals surface area contributed by atoms with E-state index in [4.69, 9.17) is 0 Å². The second-order valence-electron chi connectivity index (χ2n) is 7.82. The molecule has 5 heteroatoms. The van der Waals surface area contributed by atoms with E-state index in [1.165, 1.54) is 0 Å². The van der Waals surface area contributed by atoms with E-state index in [-0.39, 0.29) is 10.8 Å². The summed E-state index contributed by atoms with van der Waals surface area (Å²) in [5, 5.41) is 11.9. The highest BCUT2D eigenvalue weighted by Crippen LogP contribution is 2.19. The van der Waals surface area contributed by atoms with E-state index >= 15 is 0 Å². The SMILES string of the molecule is CC(C)(C)C#CC(C)(C)Cn1cc(CN2CCNCC2)nn1. The zero-order valence-electron chi connectivity index (χ0n) is 14.6. The van der Waals surface area contributed by atoms with Gasteiger partial charge >= 0.3 is 0 Å². The first-order valence-electron chi connectivity index (χ1n) is 8.10. The maximum absolute atomic E-state index is 4.31. The molecule has 0 atom stereocenters. The van der Waals surface area contributed by atoms with Crippen molar-refractivity contribution >= 4 is 0 Å². The molecule has 0 spiro atoms. The van der Waals surface area contributed by atoms with Crippen molar-refractivity contribution in [3.05, 3.63) is 11.9 Å². The van der Waals surface area contributed by atoms with Crippen LogP contribution in [0.25, 0.3) is 0 Å². The second kappa shape index (κ2) is 6.80. The molecule has 1 N–H and O–H groups in total. The summed E-state index contributed by atoms with van der Waals surface area (Å²) in [6.07, 6.45) is 2.06. The lowest BCUT2D eigenvalue weighted by Crippen LogP contribution is -2.42. The quantitative estimate of drug-likeness (QED) is 0.861. The van der Waals surface area contributed by atoms with Gasteiger partial charge in [0.2, 0.25) is 0 Å². The van der Waals surface area contributed by atoms with Crippen molar-refractivity contribution in [2.75, 3.05) is 26.2 Å². The van der Waals surface area contributed by atoms with Gasteiger partial charge in [0.15, 0.2) is 0 Å². The Morgan fingerprint density at radius 1 is 1.14 bits per heavy atom. The van der Waals surface area contributed by atoms with Crippen LogP contribution in [-0.4, -0.2) is 46.1 Å². The van der Waals surface area contributed by atoms with Gasteiger partial charge in [0.1, 0.15) is 0 Å². The number of nitrogens with one attached hydrogen (secondary N) is 1. The fourth-order valence-corrected chi connectivity index (χ4v) is 2.39. The molecule has 1 aliphatic rings. The lowest BCUT2D eigenvalue weighted by Gasteiger charge is -2.26. The molecule has 0 aromatic carbocycles. The Morgan fingerprint density at radius 3 is 2.45 bits per heavy atom. The van der Waals surface area contributed by atoms with E-state index in [0.717, 1.165) is 45.0 Å². The zero-order valence-corrected chi connectivity index (χ0v) is 14.6. The molecule has 5 nitrogen and oxygen atoms in total. The van der Waals surface area contributed by atoms with Gasteiger partial charge < -0.3 is 5.32 Å². The average molecular weight is 303 g/mol. The van der Waals surface area contributed by atoms with Crippen molar-refractivity contribution in [3.8, 4) is 11.8 Å². The minimum atomic E-state index is -0.104. The predicted octanol–water partition coefficient (Wildman–Crippen LogP) is 1.76. The van der Waals surface area contributed by atoms with E-state index in [1.807, 2.05) is 4.68 Å². The number of rotatable bonds is 4. The largest absolute Gasteiger partial charge is 0.314 e. The third-order valence-corrected chi connectivity index (χ3v) is 3.51. The zero-order chi connectivity index (χ0) is 16.2. The maximum Gasteiger partial charge on any atom is 0.0967 e. The highest BCUT2D eigenvalue weighted by Gasteiger charge is 2.18. The van der Waals surface area contributed by atoms with Gasteiger partial charge in [-0.3, -0.25) is 9.58 Å². The average Bonchev–Trinajstić information content (AvgIpc) is 2.83. The first kappa shape index (κ1) is 17.0. The van der Waals surface area contributed by atoms with Gasteiger partial charge in [-0.05, 0) is 34.6 Å². The lowest BCUT2D eigenvalue weighted by molar-refractivity contribution is 0.230. The number of nitrogens with zero attached hydrogens (tertiary/aromatic N) is 4. The molecule has 0 radical (unpaired) electrons. The number of hydrogen-bond acceptors (Lipinski definition) is 4. The minimum absolute atomic E-state index is 0.0348. The van der Waals surface area contributed by atoms with Crippen LogP contribution in [0.15, 0.2) is 6.20 Å². The van der Waals surface area contributed by atoms with Crippen LogP contribution >= 0.6 is 0 Å². The first-order chi connectivity index (χ1) is 10.2. The summed E-state index contributed by atoms with van der Waals surface area (Å²) in [7, 11) is 0. The topological polar surface area (TPSA) is 46.0 Å². The smallest absolute Gasteiger partial charge is 0.0967 e. The third kappa shape index (κ3) is 5.78. The van der Waals surface area contributed by atoms with Gasteiger partial charge in [-0.1, -0.05) is 17.1 Å². The molecule has 2 rings (SSSR count). The summed E-state index contributed by atoms with van der Waals surface area (Å²) in [5.74, 6) is 6.71. The Morgan fingerprint density at radius 2 is 1.82 bits per heavy atom. The molecule has 1 aliphatic heterocycles. The molecule has 22 heavy (non-hydrogen) atoms. The van der Waals surface area contributed by atoms with Crippen molar-refractivity contribution in [2.45, 2.75) is 47.7 Å². The van der Waals surface area contributed by atoms with E-state index in [0.29, 0.717) is 0 Å². The van der Waals surface area contributed by atoms with Gasteiger partial charge in [-0.25, -0.2) is 0 Å². The minimum Gasteiger partial charge on any atom is -0.314 e. The number of piperazine rings is 1. The molecular weight excluding hydrogens is 274 g/mol. The van der Waals surface area contributed by atoms with Gasteiger partial charge in [0.25, 0.3) is 0 Å². The van der Waals surface area contributed by atoms with Crippen LogP contribution in [0.1, 0.15) is 40.3 Å². The van der Waals surface area contributed by atoms with Crippen LogP contribution in [0.2, 0.25) is 0 Å². The lowest BCUT2D eigenvalue weighted by atomic mass is 9.90. The van der Waals surface area contributed by atoms with Crippen LogP contribution in [0.4, 0.5) is 0 Å². The van der Waals surface area contributed by atoms with Crippen molar-refractivity contribution < 1.29 is 0 Å². The van der Waals surface area contributed by atoms with Crippen LogP contribution in [0, 0.1) is 22.7 Å². The summed E-state index contributed by atoms with van der Waals surface area (Å²) in [6, 6.07) is 0. The molecule has 2 heterocycles. The van der Waals surface area contributed by atoms with Crippen LogP contribution in [0.3, 0.4) is 0 Å². The van der Waals surface area contributed by atoms with E-state index in [9.17, 15) is 0 Å². The first-order valence-corrected chi connectivity index (χ1v) is 8.10. The Balaban J connectivity index is 1.94. The van der Waals surface area contributed by atoms with Crippen molar-refractivity contribution in [2.24, 2.45) is 10.8 Å². The molecule has 0 bridgehead atoms. The Kier molecular flexibility index (Phi) is 5.25. The molecule has 0 aliphatic carbocycles. The predicted molar refractivity (Wildman–Crippen MR) is 89.2 cm³/mol. The molecule has 0 amide bonds. The molecule has 1 fully saturated rings. The molecule has 1 saturated heterocycles. The molecule has 122 valence electrons. The summed E-state index contributed by atoms with van der Waals surface area (Å²) < 4.78 is 1.93. The maximum atomic E-state index is 4.31. The Hall–Kier alpha value is -1.38. The van der Waals surface area contributed by atoms with Crippen molar-refractivity contribution in [1.82, 2.24) is 25.2 Å². The summed E-state index contributed by atoms with van der Waals surface area (Å²) in [6.45, 7) is 16.6. The van der Waals surface area contributed by atoms with Gasteiger partial charge in [-0.15, -0.1) is 5.10 Å². The van der Waals surface area contributed by atoms with Crippen LogP contribution in [-0.2, 0) is 13.1 Å². The van der Waals surface area contributed by atoms with Crippen molar-refractivity contribution in [1.29, 1.82) is 0 Å². The highest BCUT2D eigenvalue weighted by molar-refractivity contribution is 5.14. The van der Waals surface area contributed by atoms with E-state index in [1.54, 1.807) is 0 Å². The fraction of sp³-hybridized carbons (Fsp3) is 0.765. The third-order valence-electron chi connectivity index (χ3n) is 3.51. The summed E-state index contributed by atoms with van der Waals surface area (Å²) in [4.78, 5) is 2.41. The standard InChI is InChI=1S/C17H29N5/c1-16(2,3)6-7-17(4,5)14-22-13-15(19-20-22)12-21-10-8-18-9-11-21/h13,18H,8-12,14H2,1-5H3.